The molecule has 0 radical (unpaired) electrons. The van der Waals surface area contributed by atoms with Crippen molar-refractivity contribution in [3.63, 3.8) is 0 Å². The van der Waals surface area contributed by atoms with Gasteiger partial charge in [0.25, 0.3) is 0 Å². The van der Waals surface area contributed by atoms with Crippen LogP contribution in [0.2, 0.25) is 0 Å². The third-order valence-electron chi connectivity index (χ3n) is 3.78. The maximum absolute atomic E-state index is 13.4. The first-order valence-corrected chi connectivity index (χ1v) is 8.20. The summed E-state index contributed by atoms with van der Waals surface area (Å²) < 4.78 is 58.9. The number of hydrogen-bond acceptors (Lipinski definition) is 4. The number of Topliss-reactive ketones (excluding diaryl/α,β-unsaturated/α-hetero) is 1. The van der Waals surface area contributed by atoms with Gasteiger partial charge in [-0.15, -0.1) is 0 Å². The Morgan fingerprint density at radius 3 is 2.46 bits per heavy atom. The molecule has 2 heterocycles. The minimum absolute atomic E-state index is 0.0870. The third-order valence-corrected chi connectivity index (χ3v) is 3.78. The van der Waals surface area contributed by atoms with Gasteiger partial charge in [-0.25, -0.2) is 9.37 Å². The molecular formula is C20H14F4N2O2. The van der Waals surface area contributed by atoms with Gasteiger partial charge in [0.1, 0.15) is 23.9 Å². The minimum Gasteiger partial charge on any atom is -0.486 e. The number of carbonyl (C=O) groups is 1. The third kappa shape index (κ3) is 4.91. The smallest absolute Gasteiger partial charge is 0.433 e. The van der Waals surface area contributed by atoms with E-state index in [1.807, 2.05) is 0 Å². The van der Waals surface area contributed by atoms with Crippen LogP contribution in [0.3, 0.4) is 0 Å². The highest BCUT2D eigenvalue weighted by Gasteiger charge is 2.36. The Labute approximate surface area is 157 Å². The van der Waals surface area contributed by atoms with Gasteiger partial charge in [-0.05, 0) is 29.8 Å². The highest BCUT2D eigenvalue weighted by Crippen LogP contribution is 2.32. The molecule has 2 aromatic heterocycles. The quantitative estimate of drug-likeness (QED) is 0.582. The molecule has 0 bridgehead atoms. The summed E-state index contributed by atoms with van der Waals surface area (Å²) in [5.74, 6) is -0.777. The molecule has 3 rings (SSSR count). The fourth-order valence-electron chi connectivity index (χ4n) is 2.53. The predicted molar refractivity (Wildman–Crippen MR) is 93.1 cm³/mol. The lowest BCUT2D eigenvalue weighted by molar-refractivity contribution is -0.141. The van der Waals surface area contributed by atoms with E-state index in [1.54, 1.807) is 30.3 Å². The predicted octanol–water partition coefficient (Wildman–Crippen LogP) is 4.49. The number of alkyl halides is 3. The summed E-state index contributed by atoms with van der Waals surface area (Å²) in [6, 6.07) is 12.0. The summed E-state index contributed by atoms with van der Waals surface area (Å²) in [7, 11) is 0. The zero-order valence-corrected chi connectivity index (χ0v) is 14.4. The summed E-state index contributed by atoms with van der Waals surface area (Å²) in [5, 5.41) is 0. The number of pyridine rings is 2. The van der Waals surface area contributed by atoms with Crippen LogP contribution in [0.5, 0.6) is 5.75 Å². The van der Waals surface area contributed by atoms with Crippen LogP contribution in [0.25, 0.3) is 11.3 Å². The van der Waals surface area contributed by atoms with Gasteiger partial charge >= 0.3 is 6.18 Å². The summed E-state index contributed by atoms with van der Waals surface area (Å²) in [6.45, 7) is -0.364. The van der Waals surface area contributed by atoms with E-state index in [2.05, 4.69) is 9.97 Å². The molecule has 4 nitrogen and oxygen atoms in total. The normalized spacial score (nSPS) is 11.3. The number of para-hydroxylation sites is 1. The van der Waals surface area contributed by atoms with Gasteiger partial charge in [0.15, 0.2) is 5.78 Å². The summed E-state index contributed by atoms with van der Waals surface area (Å²) in [5.41, 5.74) is -1.45. The molecule has 0 aliphatic rings. The van der Waals surface area contributed by atoms with Crippen LogP contribution >= 0.6 is 0 Å². The summed E-state index contributed by atoms with van der Waals surface area (Å²) >= 11 is 0. The van der Waals surface area contributed by atoms with E-state index in [0.717, 1.165) is 18.3 Å². The first-order valence-electron chi connectivity index (χ1n) is 8.20. The molecule has 0 saturated heterocycles. The molecule has 144 valence electrons. The van der Waals surface area contributed by atoms with Crippen LogP contribution in [-0.2, 0) is 17.4 Å². The van der Waals surface area contributed by atoms with E-state index in [-0.39, 0.29) is 23.4 Å². The van der Waals surface area contributed by atoms with Crippen molar-refractivity contribution < 1.29 is 27.1 Å². The molecule has 0 saturated carbocycles. The zero-order chi connectivity index (χ0) is 20.1. The molecule has 0 amide bonds. The highest BCUT2D eigenvalue weighted by atomic mass is 19.4. The van der Waals surface area contributed by atoms with Gasteiger partial charge in [0, 0.05) is 18.2 Å². The molecule has 0 N–H and O–H groups in total. The number of ketones is 1. The number of halogens is 4. The number of nitrogens with zero attached hydrogens (tertiary/aromatic N) is 2. The fraction of sp³-hybridized carbons (Fsp3) is 0.150. The van der Waals surface area contributed by atoms with Crippen molar-refractivity contribution in [3.05, 3.63) is 78.0 Å². The molecule has 0 aliphatic heterocycles. The number of benzene rings is 1. The number of rotatable bonds is 6. The number of carbonyl (C=O) groups excluding carboxylic acids is 1. The van der Waals surface area contributed by atoms with Crippen molar-refractivity contribution >= 4 is 5.78 Å². The Bertz CT molecular complexity index is 975. The van der Waals surface area contributed by atoms with Gasteiger partial charge in [-0.3, -0.25) is 9.78 Å². The van der Waals surface area contributed by atoms with Crippen LogP contribution < -0.4 is 4.74 Å². The van der Waals surface area contributed by atoms with Crippen LogP contribution in [0.15, 0.2) is 60.9 Å². The Kier molecular flexibility index (Phi) is 5.67. The molecule has 8 heteroatoms. The van der Waals surface area contributed by atoms with Crippen LogP contribution in [0.4, 0.5) is 17.6 Å². The molecule has 28 heavy (non-hydrogen) atoms. The molecule has 0 atom stereocenters. The Hall–Kier alpha value is -3.29. The van der Waals surface area contributed by atoms with Crippen molar-refractivity contribution in [1.29, 1.82) is 0 Å². The average Bonchev–Trinajstić information content (AvgIpc) is 2.67. The van der Waals surface area contributed by atoms with E-state index in [0.29, 0.717) is 5.75 Å². The standard InChI is InChI=1S/C20H14F4N2O2/c21-15-8-14(10-25-11-15)18-7-6-13(19(26-18)20(22,23)24)9-16(27)12-28-17-4-2-1-3-5-17/h1-8,10-11H,9,12H2. The summed E-state index contributed by atoms with van der Waals surface area (Å²) in [6.07, 6.45) is -3.11. The van der Waals surface area contributed by atoms with Crippen molar-refractivity contribution in [1.82, 2.24) is 9.97 Å². The molecule has 3 aromatic rings. The number of ether oxygens (including phenoxy) is 1. The van der Waals surface area contributed by atoms with Gasteiger partial charge < -0.3 is 4.74 Å². The molecular weight excluding hydrogens is 376 g/mol. The Morgan fingerprint density at radius 1 is 1.04 bits per heavy atom. The van der Waals surface area contributed by atoms with Crippen LogP contribution in [0.1, 0.15) is 11.3 Å². The van der Waals surface area contributed by atoms with Gasteiger partial charge in [0.05, 0.1) is 11.9 Å². The molecule has 1 aromatic carbocycles. The lowest BCUT2D eigenvalue weighted by Gasteiger charge is -2.13. The maximum Gasteiger partial charge on any atom is 0.433 e. The number of hydrogen-bond donors (Lipinski definition) is 0. The SMILES string of the molecule is O=C(COc1ccccc1)Cc1ccc(-c2cncc(F)c2)nc1C(F)(F)F. The fourth-order valence-corrected chi connectivity index (χ4v) is 2.53. The molecule has 0 aliphatic carbocycles. The second kappa shape index (κ2) is 8.16. The largest absolute Gasteiger partial charge is 0.486 e. The van der Waals surface area contributed by atoms with Gasteiger partial charge in [-0.1, -0.05) is 24.3 Å². The van der Waals surface area contributed by atoms with Crippen LogP contribution in [0, 0.1) is 5.82 Å². The Morgan fingerprint density at radius 2 is 1.79 bits per heavy atom. The van der Waals surface area contributed by atoms with E-state index < -0.39 is 29.9 Å². The van der Waals surface area contributed by atoms with Crippen LogP contribution in [-0.4, -0.2) is 22.4 Å². The van der Waals surface area contributed by atoms with E-state index in [9.17, 15) is 22.4 Å². The lowest BCUT2D eigenvalue weighted by atomic mass is 10.0. The number of aromatic nitrogens is 2. The second-order valence-electron chi connectivity index (χ2n) is 5.91. The first-order chi connectivity index (χ1) is 13.3. The van der Waals surface area contributed by atoms with Crippen molar-refractivity contribution in [2.45, 2.75) is 12.6 Å². The van der Waals surface area contributed by atoms with E-state index >= 15 is 0 Å². The molecule has 0 unspecified atom stereocenters. The van der Waals surface area contributed by atoms with Crippen molar-refractivity contribution in [2.24, 2.45) is 0 Å². The molecule has 0 fully saturated rings. The van der Waals surface area contributed by atoms with Gasteiger partial charge in [0.2, 0.25) is 0 Å². The van der Waals surface area contributed by atoms with E-state index in [1.165, 1.54) is 12.3 Å². The second-order valence-corrected chi connectivity index (χ2v) is 5.91. The lowest BCUT2D eigenvalue weighted by Crippen LogP contribution is -2.19. The van der Waals surface area contributed by atoms with Crippen molar-refractivity contribution in [3.8, 4) is 17.0 Å². The maximum atomic E-state index is 13.4. The Balaban J connectivity index is 1.81. The van der Waals surface area contributed by atoms with E-state index in [4.69, 9.17) is 4.74 Å². The monoisotopic (exact) mass is 390 g/mol. The topological polar surface area (TPSA) is 52.1 Å². The highest BCUT2D eigenvalue weighted by molar-refractivity contribution is 5.82. The van der Waals surface area contributed by atoms with Crippen molar-refractivity contribution in [2.75, 3.05) is 6.61 Å². The first kappa shape index (κ1) is 19.5. The summed E-state index contributed by atoms with van der Waals surface area (Å²) in [4.78, 5) is 19.3. The minimum atomic E-state index is -4.77. The average molecular weight is 390 g/mol. The van der Waals surface area contributed by atoms with Gasteiger partial charge in [-0.2, -0.15) is 13.2 Å². The zero-order valence-electron chi connectivity index (χ0n) is 14.4. The molecule has 0 spiro atoms.